The van der Waals surface area contributed by atoms with Crippen LogP contribution in [0.1, 0.15) is 26.3 Å². The van der Waals surface area contributed by atoms with Crippen molar-refractivity contribution < 1.29 is 23.1 Å². The third-order valence-corrected chi connectivity index (χ3v) is 2.73. The molecule has 118 valence electrons. The van der Waals surface area contributed by atoms with Crippen molar-refractivity contribution >= 4 is 11.6 Å². The topological polar surface area (TPSA) is 73.1 Å². The summed E-state index contributed by atoms with van der Waals surface area (Å²) in [5, 5.41) is 21.1. The Morgan fingerprint density at radius 1 is 1.27 bits per heavy atom. The number of allylic oxidation sites excluding steroid dienone is 1. The molecule has 1 amide bonds. The third-order valence-electron chi connectivity index (χ3n) is 2.73. The van der Waals surface area contributed by atoms with E-state index in [1.807, 2.05) is 0 Å². The third kappa shape index (κ3) is 4.25. The lowest BCUT2D eigenvalue weighted by Gasteiger charge is -2.18. The average Bonchev–Trinajstić information content (AvgIpc) is 2.37. The van der Waals surface area contributed by atoms with E-state index in [0.717, 1.165) is 18.2 Å². The lowest BCUT2D eigenvalue weighted by molar-refractivity contribution is -0.137. The highest BCUT2D eigenvalue weighted by Crippen LogP contribution is 2.31. The number of benzene rings is 1. The molecule has 1 rings (SSSR count). The molecule has 22 heavy (non-hydrogen) atoms. The van der Waals surface area contributed by atoms with Crippen LogP contribution < -0.4 is 5.32 Å². The Hall–Kier alpha value is -2.49. The summed E-state index contributed by atoms with van der Waals surface area (Å²) in [6.07, 6.45) is -4.54. The highest BCUT2D eigenvalue weighted by atomic mass is 19.4. The van der Waals surface area contributed by atoms with Crippen LogP contribution in [0.2, 0.25) is 0 Å². The number of nitrogens with one attached hydrogen (secondary N) is 1. The molecule has 0 saturated heterocycles. The van der Waals surface area contributed by atoms with Crippen LogP contribution in [0.3, 0.4) is 0 Å². The van der Waals surface area contributed by atoms with E-state index in [1.54, 1.807) is 26.8 Å². The predicted octanol–water partition coefficient (Wildman–Crippen LogP) is 4.03. The standard InChI is InChI=1S/C15H15F3N2O2/c1-14(2,3)12(21)11(8-19)13(22)20-10-6-4-5-9(7-10)15(16,17)18/h4-7,21H,1-3H3,(H,20,22)/b12-11+. The summed E-state index contributed by atoms with van der Waals surface area (Å²) in [4.78, 5) is 12.0. The zero-order valence-corrected chi connectivity index (χ0v) is 12.2. The first-order valence-corrected chi connectivity index (χ1v) is 6.29. The van der Waals surface area contributed by atoms with Crippen molar-refractivity contribution in [2.75, 3.05) is 5.32 Å². The molecular formula is C15H15F3N2O2. The van der Waals surface area contributed by atoms with Crippen LogP contribution in [-0.4, -0.2) is 11.0 Å². The molecule has 0 aliphatic rings. The fourth-order valence-corrected chi connectivity index (χ4v) is 1.55. The van der Waals surface area contributed by atoms with Crippen LogP contribution in [0, 0.1) is 16.7 Å². The first-order valence-electron chi connectivity index (χ1n) is 6.29. The number of nitrogens with zero attached hydrogens (tertiary/aromatic N) is 1. The number of amides is 1. The number of aliphatic hydroxyl groups is 1. The van der Waals surface area contributed by atoms with Gasteiger partial charge in [-0.2, -0.15) is 18.4 Å². The molecule has 7 heteroatoms. The minimum atomic E-state index is -4.54. The van der Waals surface area contributed by atoms with E-state index in [1.165, 1.54) is 6.07 Å². The Morgan fingerprint density at radius 2 is 1.86 bits per heavy atom. The zero-order chi connectivity index (χ0) is 17.1. The van der Waals surface area contributed by atoms with Crippen LogP contribution in [-0.2, 0) is 11.0 Å². The van der Waals surface area contributed by atoms with Gasteiger partial charge in [0.25, 0.3) is 5.91 Å². The number of carbonyl (C=O) groups is 1. The molecule has 2 N–H and O–H groups in total. The summed E-state index contributed by atoms with van der Waals surface area (Å²) >= 11 is 0. The number of anilines is 1. The second kappa shape index (κ2) is 6.10. The number of hydrogen-bond acceptors (Lipinski definition) is 3. The number of aliphatic hydroxyl groups excluding tert-OH is 1. The van der Waals surface area contributed by atoms with Gasteiger partial charge in [-0.3, -0.25) is 4.79 Å². The lowest BCUT2D eigenvalue weighted by Crippen LogP contribution is -2.20. The first kappa shape index (κ1) is 17.6. The molecule has 0 heterocycles. The maximum atomic E-state index is 12.6. The molecule has 0 aliphatic carbocycles. The van der Waals surface area contributed by atoms with Crippen LogP contribution >= 0.6 is 0 Å². The van der Waals surface area contributed by atoms with E-state index in [0.29, 0.717) is 0 Å². The highest BCUT2D eigenvalue weighted by molar-refractivity contribution is 6.07. The Labute approximate surface area is 125 Å². The van der Waals surface area contributed by atoms with Gasteiger partial charge in [0.15, 0.2) is 5.57 Å². The van der Waals surface area contributed by atoms with E-state index >= 15 is 0 Å². The number of halogens is 3. The number of alkyl halides is 3. The molecule has 0 bridgehead atoms. The molecule has 1 aromatic rings. The van der Waals surface area contributed by atoms with Crippen molar-refractivity contribution in [2.45, 2.75) is 26.9 Å². The van der Waals surface area contributed by atoms with Gasteiger partial charge < -0.3 is 10.4 Å². The van der Waals surface area contributed by atoms with E-state index in [9.17, 15) is 23.1 Å². The molecular weight excluding hydrogens is 297 g/mol. The SMILES string of the molecule is CC(C)(C)/C(O)=C(/C#N)C(=O)Nc1cccc(C(F)(F)F)c1. The minimum Gasteiger partial charge on any atom is -0.510 e. The fraction of sp³-hybridized carbons (Fsp3) is 0.333. The van der Waals surface area contributed by atoms with Gasteiger partial charge in [0.05, 0.1) is 5.56 Å². The molecule has 0 atom stereocenters. The van der Waals surface area contributed by atoms with Crippen LogP contribution in [0.25, 0.3) is 0 Å². The van der Waals surface area contributed by atoms with Crippen molar-refractivity contribution in [3.8, 4) is 6.07 Å². The Morgan fingerprint density at radius 3 is 2.32 bits per heavy atom. The van der Waals surface area contributed by atoms with Gasteiger partial charge >= 0.3 is 6.18 Å². The van der Waals surface area contributed by atoms with E-state index in [-0.39, 0.29) is 5.69 Å². The molecule has 0 fully saturated rings. The molecule has 0 spiro atoms. The molecule has 0 aliphatic heterocycles. The average molecular weight is 312 g/mol. The van der Waals surface area contributed by atoms with Crippen molar-refractivity contribution in [3.63, 3.8) is 0 Å². The summed E-state index contributed by atoms with van der Waals surface area (Å²) < 4.78 is 37.8. The first-order chi connectivity index (χ1) is 9.96. The molecule has 0 saturated carbocycles. The Balaban J connectivity index is 3.11. The number of hydrogen-bond donors (Lipinski definition) is 2. The molecule has 1 aromatic carbocycles. The maximum absolute atomic E-state index is 12.6. The molecule has 0 radical (unpaired) electrons. The molecule has 0 unspecified atom stereocenters. The summed E-state index contributed by atoms with van der Waals surface area (Å²) in [7, 11) is 0. The lowest BCUT2D eigenvalue weighted by atomic mass is 9.90. The van der Waals surface area contributed by atoms with E-state index in [2.05, 4.69) is 5.32 Å². The predicted molar refractivity (Wildman–Crippen MR) is 74.8 cm³/mol. The summed E-state index contributed by atoms with van der Waals surface area (Å²) in [6.45, 7) is 4.78. The quantitative estimate of drug-likeness (QED) is 0.492. The summed E-state index contributed by atoms with van der Waals surface area (Å²) in [5.41, 5.74) is -2.41. The van der Waals surface area contributed by atoms with Crippen molar-refractivity contribution in [1.82, 2.24) is 0 Å². The van der Waals surface area contributed by atoms with E-state index < -0.39 is 34.4 Å². The van der Waals surface area contributed by atoms with Gasteiger partial charge in [-0.1, -0.05) is 26.8 Å². The normalized spacial score (nSPS) is 13.1. The Kier molecular flexibility index (Phi) is 4.87. The number of carbonyl (C=O) groups excluding carboxylic acids is 1. The minimum absolute atomic E-state index is 0.116. The van der Waals surface area contributed by atoms with Gasteiger partial charge in [0, 0.05) is 11.1 Å². The van der Waals surface area contributed by atoms with Gasteiger partial charge in [0.2, 0.25) is 0 Å². The maximum Gasteiger partial charge on any atom is 0.416 e. The monoisotopic (exact) mass is 312 g/mol. The van der Waals surface area contributed by atoms with Crippen molar-refractivity contribution in [2.24, 2.45) is 5.41 Å². The molecule has 4 nitrogen and oxygen atoms in total. The summed E-state index contributed by atoms with van der Waals surface area (Å²) in [5.74, 6) is -1.39. The fourth-order valence-electron chi connectivity index (χ4n) is 1.55. The van der Waals surface area contributed by atoms with Gasteiger partial charge in [-0.15, -0.1) is 0 Å². The van der Waals surface area contributed by atoms with Gasteiger partial charge in [0.1, 0.15) is 11.8 Å². The number of rotatable bonds is 2. The Bertz CT molecular complexity index is 650. The van der Waals surface area contributed by atoms with Crippen molar-refractivity contribution in [3.05, 3.63) is 41.2 Å². The van der Waals surface area contributed by atoms with Crippen LogP contribution in [0.15, 0.2) is 35.6 Å². The smallest absolute Gasteiger partial charge is 0.416 e. The molecule has 0 aromatic heterocycles. The second-order valence-electron chi connectivity index (χ2n) is 5.62. The largest absolute Gasteiger partial charge is 0.510 e. The highest BCUT2D eigenvalue weighted by Gasteiger charge is 2.31. The van der Waals surface area contributed by atoms with Crippen molar-refractivity contribution in [1.29, 1.82) is 5.26 Å². The number of nitriles is 1. The van der Waals surface area contributed by atoms with E-state index in [4.69, 9.17) is 5.26 Å². The zero-order valence-electron chi connectivity index (χ0n) is 12.2. The van der Waals surface area contributed by atoms with Gasteiger partial charge in [-0.05, 0) is 18.2 Å². The second-order valence-corrected chi connectivity index (χ2v) is 5.62. The van der Waals surface area contributed by atoms with Crippen LogP contribution in [0.4, 0.5) is 18.9 Å². The van der Waals surface area contributed by atoms with Gasteiger partial charge in [-0.25, -0.2) is 0 Å². The van der Waals surface area contributed by atoms with Crippen LogP contribution in [0.5, 0.6) is 0 Å². The summed E-state index contributed by atoms with van der Waals surface area (Å²) in [6, 6.07) is 5.58.